The summed E-state index contributed by atoms with van der Waals surface area (Å²) in [5, 5.41) is 3.12. The summed E-state index contributed by atoms with van der Waals surface area (Å²) in [5.41, 5.74) is 7.10. The van der Waals surface area contributed by atoms with E-state index >= 15 is 0 Å². The molecule has 2 heteroatoms. The van der Waals surface area contributed by atoms with Crippen LogP contribution in [0, 0.1) is 5.53 Å². The second kappa shape index (κ2) is 3.28. The van der Waals surface area contributed by atoms with Crippen LogP contribution in [-0.2, 0) is 0 Å². The van der Waals surface area contributed by atoms with E-state index in [1.165, 1.54) is 0 Å². The van der Waals surface area contributed by atoms with Crippen LogP contribution in [0.3, 0.4) is 0 Å². The molecule has 0 spiro atoms. The van der Waals surface area contributed by atoms with E-state index in [1.54, 1.807) is 19.1 Å². The highest BCUT2D eigenvalue weighted by Gasteiger charge is 1.72. The predicted molar refractivity (Wildman–Crippen MR) is 29.1 cm³/mol. The zero-order chi connectivity index (χ0) is 5.70. The van der Waals surface area contributed by atoms with Crippen molar-refractivity contribution in [1.82, 2.24) is 0 Å². The van der Waals surface area contributed by atoms with Crippen molar-refractivity contribution in [3.63, 3.8) is 0 Å². The largest absolute Gasteiger partial charge is 0.205 e. The summed E-state index contributed by atoms with van der Waals surface area (Å²) >= 11 is 0. The third-order valence-corrected chi connectivity index (χ3v) is 0.535. The fourth-order valence-electron chi connectivity index (χ4n) is 0.208. The fraction of sp³-hybridized carbons (Fsp3) is 0.200. The van der Waals surface area contributed by atoms with E-state index in [9.17, 15) is 0 Å². The Hall–Kier alpha value is -0.920. The van der Waals surface area contributed by atoms with Gasteiger partial charge in [-0.1, -0.05) is 12.7 Å². The average Bonchev–Trinajstić information content (AvgIpc) is 1.68. The molecule has 0 aliphatic rings. The lowest BCUT2D eigenvalue weighted by Gasteiger charge is -1.77. The maximum atomic E-state index is 6.42. The minimum atomic E-state index is 0.676. The molecule has 2 nitrogen and oxygen atoms in total. The molecule has 1 N–H and O–H groups in total. The molecule has 0 fully saturated rings. The Balaban J connectivity index is 3.72. The highest BCUT2D eigenvalue weighted by molar-refractivity contribution is 5.04. The molecule has 0 atom stereocenters. The van der Waals surface area contributed by atoms with E-state index in [-0.39, 0.29) is 0 Å². The van der Waals surface area contributed by atoms with Gasteiger partial charge in [-0.25, -0.2) is 5.53 Å². The van der Waals surface area contributed by atoms with Crippen molar-refractivity contribution < 1.29 is 0 Å². The summed E-state index contributed by atoms with van der Waals surface area (Å²) in [7, 11) is 0. The van der Waals surface area contributed by atoms with Gasteiger partial charge in [-0.2, -0.15) is 5.11 Å². The monoisotopic (exact) mass is 96.1 g/mol. The van der Waals surface area contributed by atoms with Crippen LogP contribution in [-0.4, -0.2) is 0 Å². The van der Waals surface area contributed by atoms with Crippen LogP contribution in [0.5, 0.6) is 0 Å². The minimum Gasteiger partial charge on any atom is -0.205 e. The topological polar surface area (TPSA) is 36.2 Å². The minimum absolute atomic E-state index is 0.676. The third-order valence-electron chi connectivity index (χ3n) is 0.535. The highest BCUT2D eigenvalue weighted by atomic mass is 15.0. The molecule has 0 aromatic heterocycles. The number of hydrogen-bond donors (Lipinski definition) is 1. The Morgan fingerprint density at radius 1 is 1.86 bits per heavy atom. The molecule has 0 bridgehead atoms. The molecule has 0 amide bonds. The molecule has 0 aliphatic carbocycles. The van der Waals surface area contributed by atoms with Crippen LogP contribution in [0.15, 0.2) is 29.5 Å². The van der Waals surface area contributed by atoms with E-state index < -0.39 is 0 Å². The van der Waals surface area contributed by atoms with E-state index in [2.05, 4.69) is 11.7 Å². The second-order valence-electron chi connectivity index (χ2n) is 1.16. The van der Waals surface area contributed by atoms with Crippen LogP contribution in [0.1, 0.15) is 6.92 Å². The molecule has 38 valence electrons. The fourth-order valence-corrected chi connectivity index (χ4v) is 0.208. The van der Waals surface area contributed by atoms with Crippen molar-refractivity contribution in [2.75, 3.05) is 0 Å². The van der Waals surface area contributed by atoms with Gasteiger partial charge in [0.2, 0.25) is 0 Å². The van der Waals surface area contributed by atoms with Gasteiger partial charge in [-0.15, -0.1) is 0 Å². The second-order valence-corrected chi connectivity index (χ2v) is 1.16. The molecule has 0 radical (unpaired) electrons. The van der Waals surface area contributed by atoms with Crippen LogP contribution in [0.4, 0.5) is 0 Å². The molecule has 0 heterocycles. The van der Waals surface area contributed by atoms with Crippen molar-refractivity contribution in [3.8, 4) is 0 Å². The van der Waals surface area contributed by atoms with Gasteiger partial charge in [-0.05, 0) is 13.0 Å². The van der Waals surface area contributed by atoms with Gasteiger partial charge < -0.3 is 0 Å². The van der Waals surface area contributed by atoms with Gasteiger partial charge in [0.25, 0.3) is 0 Å². The van der Waals surface area contributed by atoms with Gasteiger partial charge in [0.15, 0.2) is 0 Å². The van der Waals surface area contributed by atoms with E-state index in [0.29, 0.717) is 5.70 Å². The number of rotatable bonds is 2. The van der Waals surface area contributed by atoms with E-state index in [1.807, 2.05) is 0 Å². The average molecular weight is 96.1 g/mol. The summed E-state index contributed by atoms with van der Waals surface area (Å²) in [6, 6.07) is 0. The Morgan fingerprint density at radius 3 is 2.57 bits per heavy atom. The first-order valence-corrected chi connectivity index (χ1v) is 1.98. The van der Waals surface area contributed by atoms with Gasteiger partial charge in [0.05, 0.1) is 5.70 Å². The molecular formula is C5H8N2. The Morgan fingerprint density at radius 2 is 2.43 bits per heavy atom. The number of nitrogens with one attached hydrogen (secondary N) is 1. The zero-order valence-corrected chi connectivity index (χ0v) is 4.31. The Labute approximate surface area is 43.1 Å². The maximum absolute atomic E-state index is 6.42. The van der Waals surface area contributed by atoms with Crippen molar-refractivity contribution in [3.05, 3.63) is 24.4 Å². The van der Waals surface area contributed by atoms with Crippen molar-refractivity contribution in [2.45, 2.75) is 6.92 Å². The van der Waals surface area contributed by atoms with E-state index in [4.69, 9.17) is 5.53 Å². The molecule has 0 aromatic rings. The number of hydrogen-bond acceptors (Lipinski definition) is 2. The normalized spacial score (nSPS) is 10.7. The van der Waals surface area contributed by atoms with Gasteiger partial charge in [-0.3, -0.25) is 0 Å². The van der Waals surface area contributed by atoms with Crippen LogP contribution in [0.25, 0.3) is 0 Å². The Bertz CT molecular complexity index is 103. The molecule has 7 heavy (non-hydrogen) atoms. The first-order valence-electron chi connectivity index (χ1n) is 1.98. The van der Waals surface area contributed by atoms with Crippen LogP contribution < -0.4 is 0 Å². The van der Waals surface area contributed by atoms with Gasteiger partial charge >= 0.3 is 0 Å². The number of allylic oxidation sites excluding steroid dienone is 3. The van der Waals surface area contributed by atoms with E-state index in [0.717, 1.165) is 0 Å². The molecular weight excluding hydrogens is 88.1 g/mol. The molecule has 0 aromatic carbocycles. The molecule has 0 rings (SSSR count). The van der Waals surface area contributed by atoms with Crippen molar-refractivity contribution >= 4 is 0 Å². The van der Waals surface area contributed by atoms with Crippen molar-refractivity contribution in [1.29, 1.82) is 5.53 Å². The van der Waals surface area contributed by atoms with Crippen LogP contribution >= 0.6 is 0 Å². The lowest BCUT2D eigenvalue weighted by molar-refractivity contribution is 1.06. The summed E-state index contributed by atoms with van der Waals surface area (Å²) in [4.78, 5) is 0. The molecule has 0 unspecified atom stereocenters. The highest BCUT2D eigenvalue weighted by Crippen LogP contribution is 1.90. The summed E-state index contributed by atoms with van der Waals surface area (Å²) < 4.78 is 0. The smallest absolute Gasteiger partial charge is 0.0592 e. The summed E-state index contributed by atoms with van der Waals surface area (Å²) in [5.74, 6) is 0. The lowest BCUT2D eigenvalue weighted by atomic mass is 10.4. The molecule has 0 saturated carbocycles. The predicted octanol–water partition coefficient (Wildman–Crippen LogP) is 2.11. The lowest BCUT2D eigenvalue weighted by Crippen LogP contribution is -1.58. The zero-order valence-electron chi connectivity index (χ0n) is 4.31. The summed E-state index contributed by atoms with van der Waals surface area (Å²) in [6.07, 6.45) is 3.28. The maximum Gasteiger partial charge on any atom is 0.0592 e. The Kier molecular flexibility index (Phi) is 2.85. The van der Waals surface area contributed by atoms with Gasteiger partial charge in [0.1, 0.15) is 0 Å². The quantitative estimate of drug-likeness (QED) is 0.403. The third kappa shape index (κ3) is 2.89. The number of nitrogens with zero attached hydrogens (tertiary/aromatic N) is 1. The SMILES string of the molecule is C=C/C=C(\C)N=N. The van der Waals surface area contributed by atoms with Gasteiger partial charge in [0, 0.05) is 0 Å². The van der Waals surface area contributed by atoms with Crippen molar-refractivity contribution in [2.24, 2.45) is 5.11 Å². The van der Waals surface area contributed by atoms with Crippen LogP contribution in [0.2, 0.25) is 0 Å². The standard InChI is InChI=1S/C5H8N2/c1-3-4-5(2)7-6/h3-4,6H,1H2,2H3/b5-4+,7-6?. The first-order chi connectivity index (χ1) is 3.31. The first kappa shape index (κ1) is 6.08. The molecule has 0 aliphatic heterocycles. The summed E-state index contributed by atoms with van der Waals surface area (Å²) in [6.45, 7) is 5.17. The molecule has 0 saturated heterocycles.